The van der Waals surface area contributed by atoms with E-state index in [4.69, 9.17) is 9.47 Å². The van der Waals surface area contributed by atoms with Crippen molar-refractivity contribution in [3.05, 3.63) is 23.8 Å². The summed E-state index contributed by atoms with van der Waals surface area (Å²) in [6, 6.07) is 5.92. The topological polar surface area (TPSA) is 21.7 Å². The van der Waals surface area contributed by atoms with Crippen LogP contribution in [0.25, 0.3) is 0 Å². The maximum atomic E-state index is 5.33. The normalized spacial score (nSPS) is 10.5. The first-order valence-electron chi connectivity index (χ1n) is 5.10. The van der Waals surface area contributed by atoms with E-state index in [1.807, 2.05) is 18.2 Å². The minimum absolute atomic E-state index is 0.828. The summed E-state index contributed by atoms with van der Waals surface area (Å²) >= 11 is 0. The van der Waals surface area contributed by atoms with Crippen molar-refractivity contribution >= 4 is 0 Å². The van der Waals surface area contributed by atoms with Gasteiger partial charge in [-0.2, -0.15) is 0 Å². The third kappa shape index (κ3) is 3.13. The Bertz CT molecular complexity index is 312. The minimum Gasteiger partial charge on any atom is -0.497 e. The van der Waals surface area contributed by atoms with Gasteiger partial charge in [-0.25, -0.2) is 0 Å². The molecule has 15 heavy (non-hydrogen) atoms. The minimum atomic E-state index is 0.828. The van der Waals surface area contributed by atoms with E-state index in [1.54, 1.807) is 14.2 Å². The number of hydrogen-bond acceptors (Lipinski definition) is 3. The van der Waals surface area contributed by atoms with Gasteiger partial charge in [0.1, 0.15) is 11.5 Å². The standard InChI is InChI=1S/C12H19NO2/c1-5-13(2)9-10-6-7-11(14-3)8-12(10)15-4/h6-8H,5,9H2,1-4H3. The van der Waals surface area contributed by atoms with E-state index in [2.05, 4.69) is 18.9 Å². The number of methoxy groups -OCH3 is 2. The van der Waals surface area contributed by atoms with Crippen molar-refractivity contribution in [1.29, 1.82) is 0 Å². The van der Waals surface area contributed by atoms with Crippen LogP contribution in [0.4, 0.5) is 0 Å². The number of rotatable bonds is 5. The largest absolute Gasteiger partial charge is 0.497 e. The van der Waals surface area contributed by atoms with E-state index in [1.165, 1.54) is 5.56 Å². The van der Waals surface area contributed by atoms with Crippen molar-refractivity contribution in [2.24, 2.45) is 0 Å². The molecule has 0 aliphatic carbocycles. The molecule has 0 fully saturated rings. The van der Waals surface area contributed by atoms with Crippen LogP contribution in [-0.2, 0) is 6.54 Å². The summed E-state index contributed by atoms with van der Waals surface area (Å²) < 4.78 is 10.5. The molecule has 0 saturated heterocycles. The van der Waals surface area contributed by atoms with Crippen LogP contribution in [0.5, 0.6) is 11.5 Å². The maximum absolute atomic E-state index is 5.33. The predicted octanol–water partition coefficient (Wildman–Crippen LogP) is 2.16. The van der Waals surface area contributed by atoms with Crippen molar-refractivity contribution in [2.45, 2.75) is 13.5 Å². The van der Waals surface area contributed by atoms with Crippen LogP contribution in [0.1, 0.15) is 12.5 Å². The highest BCUT2D eigenvalue weighted by Gasteiger charge is 2.06. The molecule has 0 amide bonds. The van der Waals surface area contributed by atoms with E-state index < -0.39 is 0 Å². The molecule has 0 unspecified atom stereocenters. The zero-order valence-electron chi connectivity index (χ0n) is 9.91. The van der Waals surface area contributed by atoms with Crippen LogP contribution >= 0.6 is 0 Å². The predicted molar refractivity (Wildman–Crippen MR) is 61.6 cm³/mol. The van der Waals surface area contributed by atoms with Crippen molar-refractivity contribution < 1.29 is 9.47 Å². The van der Waals surface area contributed by atoms with Crippen molar-refractivity contribution in [3.8, 4) is 11.5 Å². The Morgan fingerprint density at radius 3 is 2.47 bits per heavy atom. The van der Waals surface area contributed by atoms with Gasteiger partial charge < -0.3 is 14.4 Å². The Morgan fingerprint density at radius 2 is 1.93 bits per heavy atom. The third-order valence-corrected chi connectivity index (χ3v) is 2.47. The van der Waals surface area contributed by atoms with Crippen LogP contribution in [0.15, 0.2) is 18.2 Å². The molecule has 0 spiro atoms. The second kappa shape index (κ2) is 5.61. The maximum Gasteiger partial charge on any atom is 0.127 e. The smallest absolute Gasteiger partial charge is 0.127 e. The third-order valence-electron chi connectivity index (χ3n) is 2.47. The quantitative estimate of drug-likeness (QED) is 0.741. The molecule has 84 valence electrons. The summed E-state index contributed by atoms with van der Waals surface area (Å²) in [5.74, 6) is 1.71. The summed E-state index contributed by atoms with van der Waals surface area (Å²) in [6.45, 7) is 4.05. The first kappa shape index (κ1) is 11.9. The van der Waals surface area contributed by atoms with E-state index in [0.717, 1.165) is 24.6 Å². The van der Waals surface area contributed by atoms with Gasteiger partial charge >= 0.3 is 0 Å². The highest BCUT2D eigenvalue weighted by molar-refractivity contribution is 5.40. The first-order valence-corrected chi connectivity index (χ1v) is 5.10. The van der Waals surface area contributed by atoms with Gasteiger partial charge in [0.05, 0.1) is 14.2 Å². The van der Waals surface area contributed by atoms with Gasteiger partial charge in [0.15, 0.2) is 0 Å². The van der Waals surface area contributed by atoms with Crippen LogP contribution in [0, 0.1) is 0 Å². The zero-order valence-corrected chi connectivity index (χ0v) is 9.91. The highest BCUT2D eigenvalue weighted by atomic mass is 16.5. The summed E-state index contributed by atoms with van der Waals surface area (Å²) in [4.78, 5) is 2.23. The monoisotopic (exact) mass is 209 g/mol. The Labute approximate surface area is 91.6 Å². The van der Waals surface area contributed by atoms with Crippen LogP contribution in [0.2, 0.25) is 0 Å². The van der Waals surface area contributed by atoms with Crippen LogP contribution in [0.3, 0.4) is 0 Å². The van der Waals surface area contributed by atoms with Gasteiger partial charge in [-0.3, -0.25) is 0 Å². The average molecular weight is 209 g/mol. The van der Waals surface area contributed by atoms with E-state index >= 15 is 0 Å². The summed E-state index contributed by atoms with van der Waals surface area (Å²) in [5.41, 5.74) is 1.18. The van der Waals surface area contributed by atoms with Crippen LogP contribution in [-0.4, -0.2) is 32.7 Å². The SMILES string of the molecule is CCN(C)Cc1ccc(OC)cc1OC. The lowest BCUT2D eigenvalue weighted by molar-refractivity contribution is 0.331. The molecule has 0 radical (unpaired) electrons. The Hall–Kier alpha value is -1.22. The Morgan fingerprint density at radius 1 is 1.20 bits per heavy atom. The van der Waals surface area contributed by atoms with E-state index in [-0.39, 0.29) is 0 Å². The second-order valence-electron chi connectivity index (χ2n) is 3.51. The molecule has 0 aromatic heterocycles. The fourth-order valence-corrected chi connectivity index (χ4v) is 1.39. The number of ether oxygens (including phenoxy) is 2. The van der Waals surface area contributed by atoms with E-state index in [9.17, 15) is 0 Å². The number of nitrogens with zero attached hydrogens (tertiary/aromatic N) is 1. The molecular formula is C12H19NO2. The van der Waals surface area contributed by atoms with Gasteiger partial charge in [-0.05, 0) is 19.7 Å². The molecule has 0 atom stereocenters. The Kier molecular flexibility index (Phi) is 4.43. The molecule has 0 aliphatic heterocycles. The van der Waals surface area contributed by atoms with Gasteiger partial charge in [-0.1, -0.05) is 13.0 Å². The Balaban J connectivity index is 2.87. The molecule has 0 saturated carbocycles. The second-order valence-corrected chi connectivity index (χ2v) is 3.51. The molecule has 3 heteroatoms. The lowest BCUT2D eigenvalue weighted by Gasteiger charge is -2.16. The molecule has 1 aromatic carbocycles. The van der Waals surface area contributed by atoms with Crippen molar-refractivity contribution in [1.82, 2.24) is 4.90 Å². The fraction of sp³-hybridized carbons (Fsp3) is 0.500. The van der Waals surface area contributed by atoms with Gasteiger partial charge in [0.2, 0.25) is 0 Å². The summed E-state index contributed by atoms with van der Waals surface area (Å²) in [5, 5.41) is 0. The molecule has 0 N–H and O–H groups in total. The molecule has 0 heterocycles. The highest BCUT2D eigenvalue weighted by Crippen LogP contribution is 2.25. The van der Waals surface area contributed by atoms with Crippen molar-refractivity contribution in [2.75, 3.05) is 27.8 Å². The number of benzene rings is 1. The molecule has 0 bridgehead atoms. The average Bonchev–Trinajstić information content (AvgIpc) is 2.29. The van der Waals surface area contributed by atoms with Gasteiger partial charge in [0.25, 0.3) is 0 Å². The molecule has 0 aliphatic rings. The summed E-state index contributed by atoms with van der Waals surface area (Å²) in [7, 11) is 5.43. The van der Waals surface area contributed by atoms with Crippen molar-refractivity contribution in [3.63, 3.8) is 0 Å². The summed E-state index contributed by atoms with van der Waals surface area (Å²) in [6.07, 6.45) is 0. The molecule has 1 aromatic rings. The first-order chi connectivity index (χ1) is 7.21. The molecule has 1 rings (SSSR count). The van der Waals surface area contributed by atoms with Gasteiger partial charge in [0, 0.05) is 18.2 Å². The van der Waals surface area contributed by atoms with Crippen LogP contribution < -0.4 is 9.47 Å². The molecule has 3 nitrogen and oxygen atoms in total. The fourth-order valence-electron chi connectivity index (χ4n) is 1.39. The number of hydrogen-bond donors (Lipinski definition) is 0. The molecular weight excluding hydrogens is 190 g/mol. The van der Waals surface area contributed by atoms with Gasteiger partial charge in [-0.15, -0.1) is 0 Å². The lowest BCUT2D eigenvalue weighted by Crippen LogP contribution is -2.17. The lowest BCUT2D eigenvalue weighted by atomic mass is 10.2. The van der Waals surface area contributed by atoms with E-state index in [0.29, 0.717) is 0 Å². The zero-order chi connectivity index (χ0) is 11.3.